The van der Waals surface area contributed by atoms with Gasteiger partial charge in [0.15, 0.2) is 17.2 Å². The zero-order chi connectivity index (χ0) is 20.1. The number of pyridine rings is 1. The fourth-order valence-corrected chi connectivity index (χ4v) is 3.18. The summed E-state index contributed by atoms with van der Waals surface area (Å²) in [6.45, 7) is 4.39. The maximum Gasteiger partial charge on any atom is 0.272 e. The topological polar surface area (TPSA) is 101 Å². The monoisotopic (exact) mass is 429 g/mol. The smallest absolute Gasteiger partial charge is 0.272 e. The van der Waals surface area contributed by atoms with Crippen LogP contribution in [0.25, 0.3) is 0 Å². The van der Waals surface area contributed by atoms with E-state index in [0.717, 1.165) is 29.8 Å². The Kier molecular flexibility index (Phi) is 7.26. The molecule has 0 atom stereocenters. The van der Waals surface area contributed by atoms with Gasteiger partial charge in [0.2, 0.25) is 5.88 Å². The zero-order valence-corrected chi connectivity index (χ0v) is 17.4. The van der Waals surface area contributed by atoms with Gasteiger partial charge in [0.05, 0.1) is 6.61 Å². The van der Waals surface area contributed by atoms with E-state index in [2.05, 4.69) is 25.8 Å². The lowest BCUT2D eigenvalue weighted by molar-refractivity contribution is 0.0944. The first-order valence-electron chi connectivity index (χ1n) is 9.64. The predicted molar refractivity (Wildman–Crippen MR) is 114 cm³/mol. The number of aromatic amines is 1. The van der Waals surface area contributed by atoms with Gasteiger partial charge in [-0.3, -0.25) is 9.89 Å². The molecule has 8 nitrogen and oxygen atoms in total. The molecular formula is C21H24ClN5O3. The van der Waals surface area contributed by atoms with E-state index < -0.39 is 0 Å². The molecule has 0 saturated heterocycles. The van der Waals surface area contributed by atoms with Crippen molar-refractivity contribution in [3.63, 3.8) is 0 Å². The molecule has 1 aliphatic rings. The number of nitrogens with one attached hydrogen (secondary N) is 3. The van der Waals surface area contributed by atoms with Crippen molar-refractivity contribution >= 4 is 18.3 Å². The van der Waals surface area contributed by atoms with E-state index in [9.17, 15) is 4.79 Å². The Morgan fingerprint density at radius 2 is 2.03 bits per heavy atom. The van der Waals surface area contributed by atoms with Gasteiger partial charge in [0.25, 0.3) is 5.91 Å². The average molecular weight is 430 g/mol. The first kappa shape index (κ1) is 21.6. The van der Waals surface area contributed by atoms with Gasteiger partial charge in [-0.2, -0.15) is 5.10 Å². The summed E-state index contributed by atoms with van der Waals surface area (Å²) in [5, 5.41) is 13.3. The molecule has 0 spiro atoms. The molecule has 2 aromatic heterocycles. The molecule has 0 bridgehead atoms. The quantitative estimate of drug-likeness (QED) is 0.533. The fourth-order valence-electron chi connectivity index (χ4n) is 3.18. The molecular weight excluding hydrogens is 406 g/mol. The van der Waals surface area contributed by atoms with E-state index in [4.69, 9.17) is 9.47 Å². The van der Waals surface area contributed by atoms with Crippen LogP contribution in [-0.4, -0.2) is 34.2 Å². The van der Waals surface area contributed by atoms with Gasteiger partial charge in [-0.1, -0.05) is 18.2 Å². The number of benzene rings is 1. The Hall–Kier alpha value is -3.10. The number of ether oxygens (including phenoxy) is 2. The largest absolute Gasteiger partial charge is 0.490 e. The second kappa shape index (κ2) is 10.1. The lowest BCUT2D eigenvalue weighted by atomic mass is 10.1. The Morgan fingerprint density at radius 1 is 1.20 bits per heavy atom. The van der Waals surface area contributed by atoms with Gasteiger partial charge < -0.3 is 20.1 Å². The Balaban J connectivity index is 0.00000256. The van der Waals surface area contributed by atoms with Gasteiger partial charge >= 0.3 is 0 Å². The third-order valence-corrected chi connectivity index (χ3v) is 4.64. The molecule has 30 heavy (non-hydrogen) atoms. The van der Waals surface area contributed by atoms with E-state index >= 15 is 0 Å². The number of carbonyl (C=O) groups excluding carboxylic acids is 1. The van der Waals surface area contributed by atoms with Gasteiger partial charge in [-0.15, -0.1) is 12.4 Å². The van der Waals surface area contributed by atoms with Crippen LogP contribution in [0.5, 0.6) is 17.4 Å². The van der Waals surface area contributed by atoms with Gasteiger partial charge in [0, 0.05) is 49.6 Å². The van der Waals surface area contributed by atoms with Crippen molar-refractivity contribution in [1.29, 1.82) is 0 Å². The van der Waals surface area contributed by atoms with Crippen molar-refractivity contribution in [1.82, 2.24) is 25.8 Å². The van der Waals surface area contributed by atoms with Crippen LogP contribution in [0.4, 0.5) is 0 Å². The van der Waals surface area contributed by atoms with Gasteiger partial charge in [0.1, 0.15) is 0 Å². The third kappa shape index (κ3) is 4.90. The van der Waals surface area contributed by atoms with Crippen LogP contribution in [0.2, 0.25) is 0 Å². The van der Waals surface area contributed by atoms with Crippen LogP contribution < -0.4 is 20.1 Å². The number of H-pyrrole nitrogens is 1. The molecule has 0 saturated carbocycles. The highest BCUT2D eigenvalue weighted by molar-refractivity contribution is 5.94. The first-order valence-corrected chi connectivity index (χ1v) is 9.64. The normalized spacial score (nSPS) is 12.4. The summed E-state index contributed by atoms with van der Waals surface area (Å²) in [6, 6.07) is 11.1. The van der Waals surface area contributed by atoms with Crippen molar-refractivity contribution in [2.75, 3.05) is 13.2 Å². The number of aromatic nitrogens is 3. The SMILES string of the molecule is CCOc1ccccc1Oc1ccc(CNC(=O)c2n[nH]c3c2CNCC3)cn1.Cl. The number of nitrogens with zero attached hydrogens (tertiary/aromatic N) is 2. The van der Waals surface area contributed by atoms with Crippen molar-refractivity contribution in [2.24, 2.45) is 0 Å². The third-order valence-electron chi connectivity index (χ3n) is 4.64. The summed E-state index contributed by atoms with van der Waals surface area (Å²) < 4.78 is 11.4. The van der Waals surface area contributed by atoms with Gasteiger partial charge in [-0.05, 0) is 24.6 Å². The minimum atomic E-state index is -0.197. The predicted octanol–water partition coefficient (Wildman–Crippen LogP) is 2.99. The molecule has 158 valence electrons. The van der Waals surface area contributed by atoms with Crippen LogP contribution in [0.1, 0.15) is 34.2 Å². The van der Waals surface area contributed by atoms with E-state index in [1.165, 1.54) is 0 Å². The minimum absolute atomic E-state index is 0. The zero-order valence-electron chi connectivity index (χ0n) is 16.6. The number of fused-ring (bicyclic) bond motifs is 1. The summed E-state index contributed by atoms with van der Waals surface area (Å²) in [5.74, 6) is 1.54. The van der Waals surface area contributed by atoms with E-state index in [1.54, 1.807) is 12.3 Å². The minimum Gasteiger partial charge on any atom is -0.490 e. The molecule has 3 aromatic rings. The van der Waals surface area contributed by atoms with E-state index in [-0.39, 0.29) is 18.3 Å². The van der Waals surface area contributed by atoms with Crippen molar-refractivity contribution in [2.45, 2.75) is 26.4 Å². The Labute approximate surface area is 180 Å². The highest BCUT2D eigenvalue weighted by atomic mass is 35.5. The summed E-state index contributed by atoms with van der Waals surface area (Å²) in [4.78, 5) is 16.8. The lowest BCUT2D eigenvalue weighted by Gasteiger charge is -2.13. The standard InChI is InChI=1S/C21H23N5O3.ClH/c1-2-28-17-5-3-4-6-18(17)29-19-8-7-14(11-23-19)12-24-21(27)20-15-13-22-10-9-16(15)25-26-20;/h3-8,11,22H,2,9-10,12-13H2,1H3,(H,24,27)(H,25,26);1H. The van der Waals surface area contributed by atoms with Crippen molar-refractivity contribution in [3.8, 4) is 17.4 Å². The van der Waals surface area contributed by atoms with Crippen LogP contribution >= 0.6 is 12.4 Å². The second-order valence-electron chi connectivity index (χ2n) is 6.63. The average Bonchev–Trinajstić information content (AvgIpc) is 3.19. The molecule has 1 aromatic carbocycles. The van der Waals surface area contributed by atoms with Crippen molar-refractivity contribution in [3.05, 3.63) is 65.1 Å². The maximum atomic E-state index is 12.5. The van der Waals surface area contributed by atoms with Crippen LogP contribution in [0, 0.1) is 0 Å². The molecule has 4 rings (SSSR count). The maximum absolute atomic E-state index is 12.5. The highest BCUT2D eigenvalue weighted by Gasteiger charge is 2.21. The molecule has 1 amide bonds. The molecule has 0 unspecified atom stereocenters. The Bertz CT molecular complexity index is 991. The summed E-state index contributed by atoms with van der Waals surface area (Å²) in [6.07, 6.45) is 2.54. The molecule has 3 N–H and O–H groups in total. The first-order chi connectivity index (χ1) is 14.2. The molecule has 0 radical (unpaired) electrons. The summed E-state index contributed by atoms with van der Waals surface area (Å²) in [5.41, 5.74) is 3.30. The van der Waals surface area contributed by atoms with E-state index in [1.807, 2.05) is 37.3 Å². The highest BCUT2D eigenvalue weighted by Crippen LogP contribution is 2.30. The number of amides is 1. The van der Waals surface area contributed by atoms with E-state index in [0.29, 0.717) is 42.8 Å². The molecule has 3 heterocycles. The van der Waals surface area contributed by atoms with Crippen LogP contribution in [-0.2, 0) is 19.5 Å². The van der Waals surface area contributed by atoms with Crippen molar-refractivity contribution < 1.29 is 14.3 Å². The number of para-hydroxylation sites is 2. The number of carbonyl (C=O) groups is 1. The molecule has 0 aliphatic carbocycles. The molecule has 1 aliphatic heterocycles. The molecule has 9 heteroatoms. The number of hydrogen-bond acceptors (Lipinski definition) is 6. The lowest BCUT2D eigenvalue weighted by Crippen LogP contribution is -2.28. The number of hydrogen-bond donors (Lipinski definition) is 3. The second-order valence-corrected chi connectivity index (χ2v) is 6.63. The summed E-state index contributed by atoms with van der Waals surface area (Å²) in [7, 11) is 0. The van der Waals surface area contributed by atoms with Crippen LogP contribution in [0.15, 0.2) is 42.6 Å². The Morgan fingerprint density at radius 3 is 2.80 bits per heavy atom. The number of rotatable bonds is 7. The molecule has 0 fully saturated rings. The fraction of sp³-hybridized carbons (Fsp3) is 0.286. The van der Waals surface area contributed by atoms with Crippen LogP contribution in [0.3, 0.4) is 0 Å². The number of halogens is 1. The summed E-state index contributed by atoms with van der Waals surface area (Å²) >= 11 is 0. The van der Waals surface area contributed by atoms with Gasteiger partial charge in [-0.25, -0.2) is 4.98 Å².